The average molecular weight is 319 g/mol. The Morgan fingerprint density at radius 3 is 2.68 bits per heavy atom. The molecule has 1 heterocycles. The summed E-state index contributed by atoms with van der Waals surface area (Å²) in [6.07, 6.45) is 3.40. The summed E-state index contributed by atoms with van der Waals surface area (Å²) in [5, 5.41) is 3.69. The summed E-state index contributed by atoms with van der Waals surface area (Å²) in [5.41, 5.74) is 0.899. The Labute approximate surface area is 133 Å². The fourth-order valence-electron chi connectivity index (χ4n) is 1.96. The van der Waals surface area contributed by atoms with Gasteiger partial charge in [-0.25, -0.2) is 14.4 Å². The molecule has 0 spiro atoms. The Morgan fingerprint density at radius 1 is 1.36 bits per heavy atom. The molecular formula is C16H18FN3OS. The van der Waals surface area contributed by atoms with Gasteiger partial charge >= 0.3 is 0 Å². The zero-order chi connectivity index (χ0) is 16.1. The number of anilines is 1. The molecule has 116 valence electrons. The van der Waals surface area contributed by atoms with E-state index in [1.807, 2.05) is 20.1 Å². The van der Waals surface area contributed by atoms with Crippen molar-refractivity contribution in [3.05, 3.63) is 35.6 Å². The molecule has 1 N–H and O–H groups in total. The van der Waals surface area contributed by atoms with Crippen LogP contribution in [0.5, 0.6) is 0 Å². The van der Waals surface area contributed by atoms with Gasteiger partial charge in [0.2, 0.25) is 0 Å². The van der Waals surface area contributed by atoms with E-state index in [-0.39, 0.29) is 11.6 Å². The highest BCUT2D eigenvalue weighted by Crippen LogP contribution is 2.29. The van der Waals surface area contributed by atoms with Crippen molar-refractivity contribution in [2.75, 3.05) is 11.6 Å². The molecule has 1 aromatic heterocycles. The number of hydrogen-bond acceptors (Lipinski definition) is 5. The molecule has 0 fully saturated rings. The molecule has 0 radical (unpaired) electrons. The lowest BCUT2D eigenvalue weighted by molar-refractivity contribution is 0.112. The molecule has 1 aromatic carbocycles. The summed E-state index contributed by atoms with van der Waals surface area (Å²) in [4.78, 5) is 20.2. The van der Waals surface area contributed by atoms with Crippen LogP contribution in [0, 0.1) is 5.82 Å². The van der Waals surface area contributed by atoms with Crippen LogP contribution in [0.4, 0.5) is 10.2 Å². The van der Waals surface area contributed by atoms with Crippen LogP contribution < -0.4 is 5.32 Å². The minimum absolute atomic E-state index is 0.150. The molecule has 0 amide bonds. The molecule has 1 atom stereocenters. The van der Waals surface area contributed by atoms with Gasteiger partial charge in [-0.05, 0) is 31.7 Å². The van der Waals surface area contributed by atoms with E-state index in [4.69, 9.17) is 0 Å². The number of rotatable bonds is 6. The second-order valence-electron chi connectivity index (χ2n) is 4.87. The Bertz CT molecular complexity index is 678. The first-order chi connectivity index (χ1) is 10.6. The summed E-state index contributed by atoms with van der Waals surface area (Å²) in [6, 6.07) is 6.44. The normalized spacial score (nSPS) is 12.0. The monoisotopic (exact) mass is 319 g/mol. The molecule has 0 saturated heterocycles. The van der Waals surface area contributed by atoms with Gasteiger partial charge in [0.1, 0.15) is 11.6 Å². The number of carbonyl (C=O) groups excluding carboxylic acids is 1. The van der Waals surface area contributed by atoms with Gasteiger partial charge < -0.3 is 5.32 Å². The minimum atomic E-state index is -0.411. The number of aldehydes is 1. The van der Waals surface area contributed by atoms with Crippen LogP contribution in [0.2, 0.25) is 0 Å². The van der Waals surface area contributed by atoms with E-state index in [2.05, 4.69) is 15.3 Å². The third kappa shape index (κ3) is 3.44. The van der Waals surface area contributed by atoms with Crippen molar-refractivity contribution < 1.29 is 9.18 Å². The average Bonchev–Trinajstić information content (AvgIpc) is 2.54. The van der Waals surface area contributed by atoms with Crippen LogP contribution >= 0.6 is 11.8 Å². The number of hydrogen-bond donors (Lipinski definition) is 1. The third-order valence-electron chi connectivity index (χ3n) is 3.35. The quantitative estimate of drug-likeness (QED) is 0.495. The van der Waals surface area contributed by atoms with Gasteiger partial charge in [0, 0.05) is 11.6 Å². The van der Waals surface area contributed by atoms with Gasteiger partial charge in [-0.1, -0.05) is 30.8 Å². The van der Waals surface area contributed by atoms with E-state index >= 15 is 0 Å². The maximum Gasteiger partial charge on any atom is 0.189 e. The maximum atomic E-state index is 14.1. The Hall–Kier alpha value is -1.95. The summed E-state index contributed by atoms with van der Waals surface area (Å²) in [6.45, 7) is 4.03. The van der Waals surface area contributed by atoms with E-state index in [1.54, 1.807) is 18.2 Å². The molecule has 4 nitrogen and oxygen atoms in total. The molecule has 2 aromatic rings. The number of nitrogens with zero attached hydrogens (tertiary/aromatic N) is 2. The minimum Gasteiger partial charge on any atom is -0.367 e. The van der Waals surface area contributed by atoms with Crippen LogP contribution in [0.15, 0.2) is 29.4 Å². The highest BCUT2D eigenvalue weighted by Gasteiger charge is 2.18. The zero-order valence-electron chi connectivity index (χ0n) is 12.8. The lowest BCUT2D eigenvalue weighted by Gasteiger charge is -2.16. The van der Waals surface area contributed by atoms with E-state index < -0.39 is 5.82 Å². The van der Waals surface area contributed by atoms with Gasteiger partial charge in [0.15, 0.2) is 11.4 Å². The van der Waals surface area contributed by atoms with Crippen molar-refractivity contribution in [3.63, 3.8) is 0 Å². The van der Waals surface area contributed by atoms with Crippen molar-refractivity contribution in [2.45, 2.75) is 31.5 Å². The number of thioether (sulfide) groups is 1. The number of halogens is 1. The molecule has 0 unspecified atom stereocenters. The fourth-order valence-corrected chi connectivity index (χ4v) is 2.32. The fraction of sp³-hybridized carbons (Fsp3) is 0.312. The predicted octanol–water partition coefficient (Wildman–Crippen LogP) is 4.03. The first-order valence-corrected chi connectivity index (χ1v) is 8.25. The molecule has 0 aliphatic rings. The molecule has 0 saturated carbocycles. The number of benzene rings is 1. The number of aromatic nitrogens is 2. The lowest BCUT2D eigenvalue weighted by Crippen LogP contribution is -2.17. The standard InChI is InChI=1S/C16H18FN3OS/c1-4-10(2)18-15-12(9-21)14(19-16(20-15)22-3)11-7-5-6-8-13(11)17/h5-10H,4H2,1-3H3,(H,18,19,20)/t10-/m0/s1. The van der Waals surface area contributed by atoms with Gasteiger partial charge in [-0.2, -0.15) is 0 Å². The van der Waals surface area contributed by atoms with Crippen LogP contribution in [-0.2, 0) is 0 Å². The van der Waals surface area contributed by atoms with Crippen LogP contribution in [0.3, 0.4) is 0 Å². The van der Waals surface area contributed by atoms with Gasteiger partial charge in [0.25, 0.3) is 0 Å². The number of nitrogens with one attached hydrogen (secondary N) is 1. The first kappa shape index (κ1) is 16.4. The van der Waals surface area contributed by atoms with Crippen LogP contribution in [-0.4, -0.2) is 28.6 Å². The second kappa shape index (κ2) is 7.35. The van der Waals surface area contributed by atoms with Crippen LogP contribution in [0.1, 0.15) is 30.6 Å². The highest BCUT2D eigenvalue weighted by atomic mass is 32.2. The van der Waals surface area contributed by atoms with E-state index in [1.165, 1.54) is 17.8 Å². The lowest BCUT2D eigenvalue weighted by atomic mass is 10.1. The van der Waals surface area contributed by atoms with Crippen molar-refractivity contribution in [1.82, 2.24) is 9.97 Å². The van der Waals surface area contributed by atoms with Gasteiger partial charge in [-0.3, -0.25) is 4.79 Å². The Balaban J connectivity index is 2.64. The molecule has 0 aliphatic carbocycles. The number of carbonyl (C=O) groups is 1. The highest BCUT2D eigenvalue weighted by molar-refractivity contribution is 7.98. The first-order valence-electron chi connectivity index (χ1n) is 7.03. The molecule has 2 rings (SSSR count). The van der Waals surface area contributed by atoms with E-state index in [0.29, 0.717) is 28.5 Å². The Morgan fingerprint density at radius 2 is 2.09 bits per heavy atom. The van der Waals surface area contributed by atoms with Crippen molar-refractivity contribution in [2.24, 2.45) is 0 Å². The predicted molar refractivity (Wildman–Crippen MR) is 88.0 cm³/mol. The second-order valence-corrected chi connectivity index (χ2v) is 5.65. The summed E-state index contributed by atoms with van der Waals surface area (Å²) in [7, 11) is 0. The zero-order valence-corrected chi connectivity index (χ0v) is 13.6. The Kier molecular flexibility index (Phi) is 5.49. The van der Waals surface area contributed by atoms with Crippen LogP contribution in [0.25, 0.3) is 11.3 Å². The largest absolute Gasteiger partial charge is 0.367 e. The van der Waals surface area contributed by atoms with Crippen molar-refractivity contribution in [1.29, 1.82) is 0 Å². The summed E-state index contributed by atoms with van der Waals surface area (Å²) >= 11 is 1.35. The summed E-state index contributed by atoms with van der Waals surface area (Å²) < 4.78 is 14.1. The summed E-state index contributed by atoms with van der Waals surface area (Å²) in [5.74, 6) is 0.0350. The van der Waals surface area contributed by atoms with Gasteiger partial charge in [-0.15, -0.1) is 0 Å². The topological polar surface area (TPSA) is 54.9 Å². The maximum absolute atomic E-state index is 14.1. The molecule has 6 heteroatoms. The molecule has 0 bridgehead atoms. The van der Waals surface area contributed by atoms with E-state index in [0.717, 1.165) is 6.42 Å². The van der Waals surface area contributed by atoms with E-state index in [9.17, 15) is 9.18 Å². The van der Waals surface area contributed by atoms with Crippen molar-refractivity contribution >= 4 is 23.9 Å². The third-order valence-corrected chi connectivity index (χ3v) is 3.90. The smallest absolute Gasteiger partial charge is 0.189 e. The molecular weight excluding hydrogens is 301 g/mol. The van der Waals surface area contributed by atoms with Crippen molar-refractivity contribution in [3.8, 4) is 11.3 Å². The molecule has 0 aliphatic heterocycles. The molecule has 22 heavy (non-hydrogen) atoms. The SMILES string of the molecule is CC[C@H](C)Nc1nc(SC)nc(-c2ccccc2F)c1C=O. The van der Waals surface area contributed by atoms with Gasteiger partial charge in [0.05, 0.1) is 11.3 Å².